The van der Waals surface area contributed by atoms with Gasteiger partial charge in [0.15, 0.2) is 0 Å². The van der Waals surface area contributed by atoms with E-state index < -0.39 is 28.0 Å². The number of nitrogens with zero attached hydrogens (tertiary/aromatic N) is 3. The van der Waals surface area contributed by atoms with Gasteiger partial charge in [0.2, 0.25) is 0 Å². The van der Waals surface area contributed by atoms with Gasteiger partial charge in [-0.2, -0.15) is 23.7 Å². The van der Waals surface area contributed by atoms with E-state index in [1.54, 1.807) is 6.07 Å². The van der Waals surface area contributed by atoms with Gasteiger partial charge < -0.3 is 4.98 Å². The van der Waals surface area contributed by atoms with Crippen LogP contribution in [0.1, 0.15) is 16.8 Å². The lowest BCUT2D eigenvalue weighted by Crippen LogP contribution is -2.07. The fraction of sp³-hybridized carbons (Fsp3) is 0.0909. The molecule has 20 heavy (non-hydrogen) atoms. The first-order valence-corrected chi connectivity index (χ1v) is 5.01. The Balaban J connectivity index is 2.96. The van der Waals surface area contributed by atoms with Crippen molar-refractivity contribution >= 4 is 16.6 Å². The molecule has 1 aromatic heterocycles. The van der Waals surface area contributed by atoms with Gasteiger partial charge in [0, 0.05) is 17.5 Å². The average Bonchev–Trinajstić information content (AvgIpc) is 2.75. The Kier molecular flexibility index (Phi) is 2.83. The third kappa shape index (κ3) is 1.91. The Hall–Kier alpha value is -3.07. The van der Waals surface area contributed by atoms with Crippen LogP contribution in [0, 0.1) is 32.8 Å². The zero-order valence-corrected chi connectivity index (χ0v) is 9.45. The van der Waals surface area contributed by atoms with Gasteiger partial charge in [-0.15, -0.1) is 0 Å². The van der Waals surface area contributed by atoms with Crippen LogP contribution in [-0.4, -0.2) is 9.91 Å². The molecule has 1 aromatic carbocycles. The Labute approximate surface area is 108 Å². The predicted octanol–water partition coefficient (Wildman–Crippen LogP) is 2.84. The number of aromatic nitrogens is 1. The normalized spacial score (nSPS) is 11.1. The number of H-pyrrole nitrogens is 1. The van der Waals surface area contributed by atoms with Crippen molar-refractivity contribution in [1.82, 2.24) is 4.98 Å². The van der Waals surface area contributed by atoms with Crippen LogP contribution >= 0.6 is 0 Å². The summed E-state index contributed by atoms with van der Waals surface area (Å²) < 4.78 is 38.3. The highest BCUT2D eigenvalue weighted by molar-refractivity contribution is 5.94. The first kappa shape index (κ1) is 13.4. The van der Waals surface area contributed by atoms with Gasteiger partial charge >= 0.3 is 6.18 Å². The molecule has 0 aliphatic heterocycles. The molecular formula is C11H3F3N4O2. The van der Waals surface area contributed by atoms with Crippen LogP contribution in [0.3, 0.4) is 0 Å². The molecule has 0 amide bonds. The molecule has 0 bridgehead atoms. The molecule has 0 saturated carbocycles. The van der Waals surface area contributed by atoms with E-state index in [9.17, 15) is 23.3 Å². The summed E-state index contributed by atoms with van der Waals surface area (Å²) in [5.74, 6) is 0. The second-order valence-electron chi connectivity index (χ2n) is 3.77. The Bertz CT molecular complexity index is 808. The van der Waals surface area contributed by atoms with Gasteiger partial charge in [0.05, 0.1) is 21.6 Å². The van der Waals surface area contributed by atoms with Crippen molar-refractivity contribution in [2.45, 2.75) is 6.18 Å². The minimum atomic E-state index is -4.83. The molecule has 0 radical (unpaired) electrons. The van der Waals surface area contributed by atoms with Crippen molar-refractivity contribution in [2.75, 3.05) is 0 Å². The smallest absolute Gasteiger partial charge is 0.350 e. The van der Waals surface area contributed by atoms with Gasteiger partial charge in [-0.05, 0) is 0 Å². The molecule has 2 aromatic rings. The van der Waals surface area contributed by atoms with Crippen LogP contribution in [-0.2, 0) is 6.18 Å². The van der Waals surface area contributed by atoms with Crippen LogP contribution in [0.5, 0.6) is 0 Å². The van der Waals surface area contributed by atoms with E-state index >= 15 is 0 Å². The van der Waals surface area contributed by atoms with E-state index in [2.05, 4.69) is 0 Å². The van der Waals surface area contributed by atoms with E-state index in [-0.39, 0.29) is 16.5 Å². The van der Waals surface area contributed by atoms with Crippen LogP contribution < -0.4 is 0 Å². The number of hydrogen-bond acceptors (Lipinski definition) is 4. The van der Waals surface area contributed by atoms with E-state index in [4.69, 9.17) is 10.5 Å². The van der Waals surface area contributed by atoms with Crippen molar-refractivity contribution in [2.24, 2.45) is 0 Å². The second kappa shape index (κ2) is 4.24. The largest absolute Gasteiger partial charge is 0.432 e. The van der Waals surface area contributed by atoms with E-state index in [1.165, 1.54) is 6.07 Å². The third-order valence-electron chi connectivity index (χ3n) is 2.61. The SMILES string of the molecule is N#Cc1cc([N+](=O)[O-])cc2[nH]c(C(F)(F)F)c(C#N)c12. The molecule has 9 heteroatoms. The summed E-state index contributed by atoms with van der Waals surface area (Å²) >= 11 is 0. The van der Waals surface area contributed by atoms with Crippen molar-refractivity contribution in [3.63, 3.8) is 0 Å². The van der Waals surface area contributed by atoms with E-state index in [0.717, 1.165) is 12.1 Å². The first-order valence-electron chi connectivity index (χ1n) is 5.01. The van der Waals surface area contributed by atoms with Crippen molar-refractivity contribution in [1.29, 1.82) is 10.5 Å². The fourth-order valence-electron chi connectivity index (χ4n) is 1.83. The molecule has 0 aliphatic carbocycles. The summed E-state index contributed by atoms with van der Waals surface area (Å²) in [6, 6.07) is 4.62. The van der Waals surface area contributed by atoms with Gasteiger partial charge in [-0.25, -0.2) is 0 Å². The van der Waals surface area contributed by atoms with Gasteiger partial charge in [-0.1, -0.05) is 0 Å². The highest BCUT2D eigenvalue weighted by Crippen LogP contribution is 2.37. The lowest BCUT2D eigenvalue weighted by atomic mass is 10.1. The van der Waals surface area contributed by atoms with E-state index in [1.807, 2.05) is 4.98 Å². The lowest BCUT2D eigenvalue weighted by Gasteiger charge is -2.02. The maximum absolute atomic E-state index is 12.8. The number of non-ortho nitro benzene ring substituents is 1. The topological polar surface area (TPSA) is 107 Å². The molecule has 6 nitrogen and oxygen atoms in total. The highest BCUT2D eigenvalue weighted by atomic mass is 19.4. The van der Waals surface area contributed by atoms with Gasteiger partial charge in [0.1, 0.15) is 17.8 Å². The number of aromatic amines is 1. The van der Waals surface area contributed by atoms with Gasteiger partial charge in [-0.3, -0.25) is 10.1 Å². The maximum atomic E-state index is 12.8. The number of benzene rings is 1. The van der Waals surface area contributed by atoms with Crippen LogP contribution in [0.2, 0.25) is 0 Å². The monoisotopic (exact) mass is 280 g/mol. The summed E-state index contributed by atoms with van der Waals surface area (Å²) in [4.78, 5) is 11.8. The summed E-state index contributed by atoms with van der Waals surface area (Å²) in [5.41, 5.74) is -3.25. The molecule has 2 rings (SSSR count). The van der Waals surface area contributed by atoms with Crippen LogP contribution in [0.25, 0.3) is 10.9 Å². The zero-order valence-electron chi connectivity index (χ0n) is 9.45. The first-order chi connectivity index (χ1) is 9.29. The van der Waals surface area contributed by atoms with Crippen molar-refractivity contribution < 1.29 is 18.1 Å². The molecule has 0 saturated heterocycles. The zero-order chi connectivity index (χ0) is 15.1. The highest BCUT2D eigenvalue weighted by Gasteiger charge is 2.37. The summed E-state index contributed by atoms with van der Waals surface area (Å²) in [6.07, 6.45) is -4.83. The number of hydrogen-bond donors (Lipinski definition) is 1. The average molecular weight is 280 g/mol. The van der Waals surface area contributed by atoms with Crippen molar-refractivity contribution in [3.8, 4) is 12.1 Å². The minimum Gasteiger partial charge on any atom is -0.350 e. The Morgan fingerprint density at radius 2 is 1.90 bits per heavy atom. The number of halogens is 3. The Morgan fingerprint density at radius 3 is 2.35 bits per heavy atom. The fourth-order valence-corrected chi connectivity index (χ4v) is 1.83. The number of nitriles is 2. The number of nitrogens with one attached hydrogen (secondary N) is 1. The molecule has 1 N–H and O–H groups in total. The third-order valence-corrected chi connectivity index (χ3v) is 2.61. The number of fused-ring (bicyclic) bond motifs is 1. The predicted molar refractivity (Wildman–Crippen MR) is 59.4 cm³/mol. The standard InChI is InChI=1S/C11H3F3N4O2/c12-11(13,14)10-7(4-16)9-5(3-15)1-6(18(19)20)2-8(9)17-10/h1-2,17H. The molecule has 0 spiro atoms. The van der Waals surface area contributed by atoms with Gasteiger partial charge in [0.25, 0.3) is 5.69 Å². The number of nitro benzene ring substituents is 1. The molecule has 0 aliphatic rings. The molecule has 1 heterocycles. The van der Waals surface area contributed by atoms with Crippen LogP contribution in [0.4, 0.5) is 18.9 Å². The summed E-state index contributed by atoms with van der Waals surface area (Å²) in [5, 5.41) is 28.1. The molecule has 0 unspecified atom stereocenters. The molecular weight excluding hydrogens is 277 g/mol. The minimum absolute atomic E-state index is 0.270. The molecule has 0 atom stereocenters. The molecule has 100 valence electrons. The van der Waals surface area contributed by atoms with E-state index in [0.29, 0.717) is 0 Å². The number of alkyl halides is 3. The maximum Gasteiger partial charge on any atom is 0.432 e. The van der Waals surface area contributed by atoms with Crippen molar-refractivity contribution in [3.05, 3.63) is 39.1 Å². The summed E-state index contributed by atoms with van der Waals surface area (Å²) in [7, 11) is 0. The summed E-state index contributed by atoms with van der Waals surface area (Å²) in [6.45, 7) is 0. The molecule has 0 fully saturated rings. The number of nitro groups is 1. The number of rotatable bonds is 1. The lowest BCUT2D eigenvalue weighted by molar-refractivity contribution is -0.384. The Morgan fingerprint density at radius 1 is 1.25 bits per heavy atom. The second-order valence-corrected chi connectivity index (χ2v) is 3.77. The van der Waals surface area contributed by atoms with Crippen LogP contribution in [0.15, 0.2) is 12.1 Å². The quantitative estimate of drug-likeness (QED) is 0.640.